The number of amides is 1. The van der Waals surface area contributed by atoms with Crippen molar-refractivity contribution in [2.75, 3.05) is 6.61 Å². The molecule has 0 aromatic carbocycles. The molecule has 0 saturated heterocycles. The number of hydrogen-bond acceptors (Lipinski definition) is 3. The summed E-state index contributed by atoms with van der Waals surface area (Å²) < 4.78 is 0. The van der Waals surface area contributed by atoms with Crippen LogP contribution in [0, 0.1) is 0 Å². The molecule has 236 valence electrons. The second-order valence-corrected chi connectivity index (χ2v) is 11.9. The summed E-state index contributed by atoms with van der Waals surface area (Å²) in [7, 11) is 0. The van der Waals surface area contributed by atoms with Crippen LogP contribution < -0.4 is 5.32 Å². The molecule has 4 nitrogen and oxygen atoms in total. The number of carbonyl (C=O) groups excluding carboxylic acids is 1. The van der Waals surface area contributed by atoms with Gasteiger partial charge in [-0.1, -0.05) is 167 Å². The molecule has 0 aliphatic rings. The minimum Gasteiger partial charge on any atom is -0.394 e. The number of nitrogens with one attached hydrogen (secondary N) is 1. The molecule has 0 aliphatic heterocycles. The zero-order chi connectivity index (χ0) is 29.4. The van der Waals surface area contributed by atoms with E-state index in [0.717, 1.165) is 32.1 Å². The van der Waals surface area contributed by atoms with Gasteiger partial charge in [-0.3, -0.25) is 4.79 Å². The number of rotatable bonds is 31. The minimum atomic E-state index is -0.854. The van der Waals surface area contributed by atoms with Crippen molar-refractivity contribution < 1.29 is 15.0 Å². The smallest absolute Gasteiger partial charge is 0.220 e. The van der Waals surface area contributed by atoms with Crippen LogP contribution in [0.4, 0.5) is 0 Å². The fraction of sp³-hybridized carbons (Fsp3) is 0.861. The molecule has 1 amide bonds. The van der Waals surface area contributed by atoms with Crippen LogP contribution in [0.3, 0.4) is 0 Å². The number of hydrogen-bond donors (Lipinski definition) is 3. The summed E-state index contributed by atoms with van der Waals surface area (Å²) in [5, 5.41) is 22.7. The normalized spacial score (nSPS) is 13.4. The van der Waals surface area contributed by atoms with E-state index in [2.05, 4.69) is 31.3 Å². The number of allylic oxidation sites excluding steroid dienone is 3. The monoisotopic (exact) mass is 564 g/mol. The van der Waals surface area contributed by atoms with E-state index in [1.54, 1.807) is 6.08 Å². The number of aliphatic hydroxyl groups is 2. The summed E-state index contributed by atoms with van der Waals surface area (Å²) in [5.41, 5.74) is 0. The molecule has 2 atom stereocenters. The van der Waals surface area contributed by atoms with Crippen LogP contribution in [0.5, 0.6) is 0 Å². The maximum Gasteiger partial charge on any atom is 0.220 e. The van der Waals surface area contributed by atoms with Gasteiger partial charge >= 0.3 is 0 Å². The van der Waals surface area contributed by atoms with Gasteiger partial charge in [0.05, 0.1) is 18.8 Å². The quantitative estimate of drug-likeness (QED) is 0.0580. The fourth-order valence-electron chi connectivity index (χ4n) is 5.19. The van der Waals surface area contributed by atoms with E-state index >= 15 is 0 Å². The largest absolute Gasteiger partial charge is 0.394 e. The summed E-state index contributed by atoms with van der Waals surface area (Å²) in [6.45, 7) is 4.25. The molecule has 0 bridgehead atoms. The number of carbonyl (C=O) groups is 1. The molecule has 0 spiro atoms. The topological polar surface area (TPSA) is 69.6 Å². The maximum absolute atomic E-state index is 12.3. The van der Waals surface area contributed by atoms with E-state index in [4.69, 9.17) is 0 Å². The van der Waals surface area contributed by atoms with Crippen molar-refractivity contribution in [2.45, 2.75) is 193 Å². The van der Waals surface area contributed by atoms with Gasteiger partial charge in [-0.05, 0) is 32.1 Å². The SMILES string of the molecule is CCCCCC/C=C/CC/C=C/C(O)C(CO)NC(=O)CCCCCCCCCCCCCCCCCCCC. The third-order valence-electron chi connectivity index (χ3n) is 7.94. The van der Waals surface area contributed by atoms with Crippen molar-refractivity contribution in [1.29, 1.82) is 0 Å². The van der Waals surface area contributed by atoms with Crippen LogP contribution >= 0.6 is 0 Å². The molecule has 0 radical (unpaired) electrons. The Morgan fingerprint density at radius 1 is 0.575 bits per heavy atom. The van der Waals surface area contributed by atoms with Crippen LogP contribution in [0.25, 0.3) is 0 Å². The first-order valence-electron chi connectivity index (χ1n) is 17.6. The molecule has 4 heteroatoms. The van der Waals surface area contributed by atoms with Gasteiger partial charge < -0.3 is 15.5 Å². The molecule has 0 aliphatic carbocycles. The summed E-state index contributed by atoms with van der Waals surface area (Å²) in [4.78, 5) is 12.3. The Bertz CT molecular complexity index is 574. The summed E-state index contributed by atoms with van der Waals surface area (Å²) in [6.07, 6.45) is 39.8. The number of aliphatic hydroxyl groups excluding tert-OH is 2. The predicted molar refractivity (Wildman–Crippen MR) is 175 cm³/mol. The van der Waals surface area contributed by atoms with E-state index in [1.165, 1.54) is 128 Å². The first-order chi connectivity index (χ1) is 19.7. The zero-order valence-electron chi connectivity index (χ0n) is 26.9. The van der Waals surface area contributed by atoms with Crippen molar-refractivity contribution in [1.82, 2.24) is 5.32 Å². The van der Waals surface area contributed by atoms with E-state index in [1.807, 2.05) is 6.08 Å². The van der Waals surface area contributed by atoms with Crippen molar-refractivity contribution in [3.8, 4) is 0 Å². The lowest BCUT2D eigenvalue weighted by Crippen LogP contribution is -2.45. The molecule has 0 aromatic heterocycles. The van der Waals surface area contributed by atoms with Crippen LogP contribution in [-0.4, -0.2) is 34.9 Å². The second kappa shape index (κ2) is 32.4. The Morgan fingerprint density at radius 2 is 0.975 bits per heavy atom. The van der Waals surface area contributed by atoms with Gasteiger partial charge in [-0.15, -0.1) is 0 Å². The van der Waals surface area contributed by atoms with Crippen LogP contribution in [0.15, 0.2) is 24.3 Å². The Hall–Kier alpha value is -1.13. The average Bonchev–Trinajstić information content (AvgIpc) is 2.96. The molecule has 0 heterocycles. The van der Waals surface area contributed by atoms with Gasteiger partial charge in [0.15, 0.2) is 0 Å². The molecule has 3 N–H and O–H groups in total. The Kier molecular flexibility index (Phi) is 31.5. The van der Waals surface area contributed by atoms with E-state index in [-0.39, 0.29) is 12.5 Å². The Balaban J connectivity index is 3.59. The van der Waals surface area contributed by atoms with Crippen molar-refractivity contribution >= 4 is 5.91 Å². The molecule has 0 aromatic rings. The number of unbranched alkanes of at least 4 members (excludes halogenated alkanes) is 22. The van der Waals surface area contributed by atoms with E-state index in [0.29, 0.717) is 6.42 Å². The van der Waals surface area contributed by atoms with E-state index < -0.39 is 12.1 Å². The second-order valence-electron chi connectivity index (χ2n) is 11.9. The molecular weight excluding hydrogens is 494 g/mol. The lowest BCUT2D eigenvalue weighted by molar-refractivity contribution is -0.123. The molecular formula is C36H69NO3. The van der Waals surface area contributed by atoms with E-state index in [9.17, 15) is 15.0 Å². The summed E-state index contributed by atoms with van der Waals surface area (Å²) in [6, 6.07) is -0.631. The van der Waals surface area contributed by atoms with Gasteiger partial charge in [0.2, 0.25) is 5.91 Å². The standard InChI is InChI=1S/C36H69NO3/c1-3-5-7-9-11-13-15-16-17-18-19-20-21-22-24-26-28-30-32-36(40)37-34(33-38)35(39)31-29-27-25-23-14-12-10-8-6-4-2/h14,23,29,31,34-35,38-39H,3-13,15-22,24-28,30,32-33H2,1-2H3,(H,37,40)/b23-14+,31-29+. The van der Waals surface area contributed by atoms with Gasteiger partial charge in [0.1, 0.15) is 0 Å². The molecule has 0 fully saturated rings. The first kappa shape index (κ1) is 38.9. The van der Waals surface area contributed by atoms with Crippen molar-refractivity contribution in [2.24, 2.45) is 0 Å². The average molecular weight is 564 g/mol. The van der Waals surface area contributed by atoms with Gasteiger partial charge in [-0.25, -0.2) is 0 Å². The highest BCUT2D eigenvalue weighted by Gasteiger charge is 2.17. The highest BCUT2D eigenvalue weighted by molar-refractivity contribution is 5.76. The lowest BCUT2D eigenvalue weighted by atomic mass is 10.0. The van der Waals surface area contributed by atoms with Crippen LogP contribution in [0.2, 0.25) is 0 Å². The predicted octanol–water partition coefficient (Wildman–Crippen LogP) is 10.1. The van der Waals surface area contributed by atoms with Crippen molar-refractivity contribution in [3.05, 3.63) is 24.3 Å². The van der Waals surface area contributed by atoms with Crippen LogP contribution in [-0.2, 0) is 4.79 Å². The maximum atomic E-state index is 12.3. The van der Waals surface area contributed by atoms with Gasteiger partial charge in [0, 0.05) is 6.42 Å². The van der Waals surface area contributed by atoms with Gasteiger partial charge in [-0.2, -0.15) is 0 Å². The van der Waals surface area contributed by atoms with Crippen molar-refractivity contribution in [3.63, 3.8) is 0 Å². The highest BCUT2D eigenvalue weighted by atomic mass is 16.3. The highest BCUT2D eigenvalue weighted by Crippen LogP contribution is 2.14. The summed E-state index contributed by atoms with van der Waals surface area (Å²) in [5.74, 6) is -0.0750. The molecule has 2 unspecified atom stereocenters. The molecule has 40 heavy (non-hydrogen) atoms. The Morgan fingerprint density at radius 3 is 1.45 bits per heavy atom. The van der Waals surface area contributed by atoms with Crippen LogP contribution in [0.1, 0.15) is 181 Å². The van der Waals surface area contributed by atoms with Gasteiger partial charge in [0.25, 0.3) is 0 Å². The first-order valence-corrected chi connectivity index (χ1v) is 17.6. The molecule has 0 saturated carbocycles. The third-order valence-corrected chi connectivity index (χ3v) is 7.94. The fourth-order valence-corrected chi connectivity index (χ4v) is 5.19. The minimum absolute atomic E-state index is 0.0750. The zero-order valence-corrected chi connectivity index (χ0v) is 26.9. The lowest BCUT2D eigenvalue weighted by Gasteiger charge is -2.19. The third kappa shape index (κ3) is 28.4. The Labute approximate surface area is 249 Å². The molecule has 0 rings (SSSR count). The summed E-state index contributed by atoms with van der Waals surface area (Å²) >= 11 is 0.